The number of hydrazine groups is 1. The molecule has 0 radical (unpaired) electrons. The second-order valence-electron chi connectivity index (χ2n) is 5.87. The monoisotopic (exact) mass is 349 g/mol. The molecule has 0 bridgehead atoms. The number of hydrogen-bond acceptors (Lipinski definition) is 4. The Morgan fingerprint density at radius 3 is 2.33 bits per heavy atom. The Labute approximate surface area is 149 Å². The Hall–Kier alpha value is -1.82. The molecule has 0 atom stereocenters. The lowest BCUT2D eigenvalue weighted by Crippen LogP contribution is -2.56. The number of carbonyl (C=O) groups excluding carboxylic acids is 2. The number of carbonyl (C=O) groups is 2. The van der Waals surface area contributed by atoms with Crippen LogP contribution in [-0.2, 0) is 16.0 Å². The van der Waals surface area contributed by atoms with Crippen molar-refractivity contribution in [2.45, 2.75) is 45.8 Å². The van der Waals surface area contributed by atoms with Crippen LogP contribution in [0.4, 0.5) is 5.69 Å². The molecule has 0 aliphatic carbocycles. The maximum Gasteiger partial charge on any atom is 0.256 e. The molecule has 5 nitrogen and oxygen atoms in total. The minimum atomic E-state index is -0.560. The van der Waals surface area contributed by atoms with E-state index in [0.29, 0.717) is 6.42 Å². The molecule has 1 aromatic rings. The third-order valence-electron chi connectivity index (χ3n) is 3.53. The molecular formula is C18H27N3O2S. The van der Waals surface area contributed by atoms with Crippen molar-refractivity contribution < 1.29 is 9.59 Å². The Bertz CT molecular complexity index is 641. The minimum Gasteiger partial charge on any atom is -0.300 e. The normalized spacial score (nSPS) is 18.3. The number of benzene rings is 1. The van der Waals surface area contributed by atoms with Gasteiger partial charge >= 0.3 is 0 Å². The molecule has 6 heteroatoms. The molecule has 1 aromatic carbocycles. The summed E-state index contributed by atoms with van der Waals surface area (Å²) in [5.41, 5.74) is 1.67. The van der Waals surface area contributed by atoms with E-state index in [-0.39, 0.29) is 11.7 Å². The van der Waals surface area contributed by atoms with Crippen LogP contribution in [0.1, 0.15) is 40.2 Å². The molecule has 1 fully saturated rings. The Morgan fingerprint density at radius 1 is 1.17 bits per heavy atom. The predicted octanol–water partition coefficient (Wildman–Crippen LogP) is 3.66. The van der Waals surface area contributed by atoms with Crippen LogP contribution in [0.15, 0.2) is 29.3 Å². The first-order chi connectivity index (χ1) is 11.2. The molecule has 24 heavy (non-hydrogen) atoms. The Morgan fingerprint density at radius 2 is 1.75 bits per heavy atom. The number of amidine groups is 1. The van der Waals surface area contributed by atoms with Gasteiger partial charge in [0.05, 0.1) is 10.4 Å². The van der Waals surface area contributed by atoms with E-state index in [2.05, 4.69) is 0 Å². The predicted molar refractivity (Wildman–Crippen MR) is 101 cm³/mol. The Balaban J connectivity index is 0.00000139. The van der Waals surface area contributed by atoms with Crippen LogP contribution in [0.5, 0.6) is 0 Å². The smallest absolute Gasteiger partial charge is 0.256 e. The van der Waals surface area contributed by atoms with Crippen molar-refractivity contribution in [3.63, 3.8) is 0 Å². The van der Waals surface area contributed by atoms with E-state index in [1.54, 1.807) is 24.0 Å². The zero-order valence-electron chi connectivity index (χ0n) is 15.6. The molecule has 2 rings (SSSR count). The van der Waals surface area contributed by atoms with Gasteiger partial charge < -0.3 is 0 Å². The highest BCUT2D eigenvalue weighted by Crippen LogP contribution is 2.35. The first-order valence-electron chi connectivity index (χ1n) is 8.09. The fourth-order valence-corrected chi connectivity index (χ4v) is 3.30. The van der Waals surface area contributed by atoms with E-state index in [4.69, 9.17) is 4.99 Å². The zero-order valence-corrected chi connectivity index (χ0v) is 16.4. The summed E-state index contributed by atoms with van der Waals surface area (Å²) in [6, 6.07) is 7.60. The van der Waals surface area contributed by atoms with E-state index in [9.17, 15) is 9.59 Å². The number of thioether (sulfide) groups is 1. The molecule has 0 N–H and O–H groups in total. The second-order valence-corrected chi connectivity index (χ2v) is 7.46. The van der Waals surface area contributed by atoms with Gasteiger partial charge in [0.2, 0.25) is 0 Å². The van der Waals surface area contributed by atoms with Crippen molar-refractivity contribution in [3.8, 4) is 0 Å². The standard InChI is InChI=1S/C16H21N3O2S.C2H6/c1-11(20)10-12-8-6-7-9-13(12)17-15-19(5)18(4)14(21)16(2,3)22-15;1-2/h6-9H,10H2,1-5H3;1-2H3. The topological polar surface area (TPSA) is 53.0 Å². The number of ketones is 1. The molecule has 1 saturated heterocycles. The lowest BCUT2D eigenvalue weighted by atomic mass is 10.1. The van der Waals surface area contributed by atoms with Gasteiger partial charge in [0.1, 0.15) is 5.78 Å². The van der Waals surface area contributed by atoms with Gasteiger partial charge in [-0.3, -0.25) is 19.6 Å². The van der Waals surface area contributed by atoms with Crippen LogP contribution in [0.2, 0.25) is 0 Å². The highest BCUT2D eigenvalue weighted by atomic mass is 32.2. The molecule has 132 valence electrons. The first-order valence-corrected chi connectivity index (χ1v) is 8.91. The SMILES string of the molecule is CC.CC(=O)Cc1ccccc1N=C1SC(C)(C)C(=O)N(C)N1C. The average Bonchev–Trinajstić information content (AvgIpc) is 2.54. The van der Waals surface area contributed by atoms with E-state index in [1.807, 2.05) is 59.0 Å². The summed E-state index contributed by atoms with van der Waals surface area (Å²) in [5, 5.41) is 4.05. The molecule has 1 aliphatic heterocycles. The maximum absolute atomic E-state index is 12.2. The number of amides is 1. The molecular weight excluding hydrogens is 322 g/mol. The third-order valence-corrected chi connectivity index (χ3v) is 4.75. The minimum absolute atomic E-state index is 0.0379. The third kappa shape index (κ3) is 4.60. The van der Waals surface area contributed by atoms with E-state index >= 15 is 0 Å². The fraction of sp³-hybridized carbons (Fsp3) is 0.500. The van der Waals surface area contributed by atoms with Crippen LogP contribution >= 0.6 is 11.8 Å². The van der Waals surface area contributed by atoms with Crippen molar-refractivity contribution in [2.75, 3.05) is 14.1 Å². The Kier molecular flexibility index (Phi) is 7.02. The lowest BCUT2D eigenvalue weighted by Gasteiger charge is -2.42. The van der Waals surface area contributed by atoms with Gasteiger partial charge in [-0.15, -0.1) is 0 Å². The second kappa shape index (κ2) is 8.33. The first kappa shape index (κ1) is 20.2. The number of hydrogen-bond donors (Lipinski definition) is 0. The van der Waals surface area contributed by atoms with E-state index in [1.165, 1.54) is 11.8 Å². The molecule has 0 spiro atoms. The summed E-state index contributed by atoms with van der Waals surface area (Å²) in [6.07, 6.45) is 0.361. The van der Waals surface area contributed by atoms with Crippen molar-refractivity contribution >= 4 is 34.3 Å². The van der Waals surface area contributed by atoms with Gasteiger partial charge in [0.25, 0.3) is 5.91 Å². The van der Waals surface area contributed by atoms with Crippen LogP contribution in [0.25, 0.3) is 0 Å². The van der Waals surface area contributed by atoms with Gasteiger partial charge in [-0.2, -0.15) is 0 Å². The molecule has 1 aliphatic rings. The summed E-state index contributed by atoms with van der Waals surface area (Å²) in [6.45, 7) is 9.35. The summed E-state index contributed by atoms with van der Waals surface area (Å²) >= 11 is 1.43. The number of para-hydroxylation sites is 1. The van der Waals surface area contributed by atoms with Gasteiger partial charge in [-0.25, -0.2) is 4.99 Å². The van der Waals surface area contributed by atoms with E-state index in [0.717, 1.165) is 16.4 Å². The largest absolute Gasteiger partial charge is 0.300 e. The fourth-order valence-electron chi connectivity index (χ4n) is 2.23. The molecule has 1 amide bonds. The number of nitrogens with zero attached hydrogens (tertiary/aromatic N) is 3. The van der Waals surface area contributed by atoms with Gasteiger partial charge in [-0.05, 0) is 32.4 Å². The molecule has 0 unspecified atom stereocenters. The van der Waals surface area contributed by atoms with Crippen molar-refractivity contribution in [3.05, 3.63) is 29.8 Å². The number of aliphatic imine (C=N–C) groups is 1. The van der Waals surface area contributed by atoms with Gasteiger partial charge in [-0.1, -0.05) is 43.8 Å². The summed E-state index contributed by atoms with van der Waals surface area (Å²) in [5.74, 6) is 0.140. The van der Waals surface area contributed by atoms with Gasteiger partial charge in [0.15, 0.2) is 5.17 Å². The molecule has 0 saturated carbocycles. The van der Waals surface area contributed by atoms with Gasteiger partial charge in [0, 0.05) is 20.5 Å². The summed E-state index contributed by atoms with van der Waals surface area (Å²) in [4.78, 5) is 28.3. The van der Waals surface area contributed by atoms with Crippen LogP contribution in [0.3, 0.4) is 0 Å². The highest BCUT2D eigenvalue weighted by Gasteiger charge is 2.41. The lowest BCUT2D eigenvalue weighted by molar-refractivity contribution is -0.141. The van der Waals surface area contributed by atoms with E-state index < -0.39 is 4.75 Å². The zero-order chi connectivity index (χ0) is 18.5. The maximum atomic E-state index is 12.2. The number of Topliss-reactive ketones (excluding diaryl/α,β-unsaturated/α-hetero) is 1. The highest BCUT2D eigenvalue weighted by molar-refractivity contribution is 8.15. The van der Waals surface area contributed by atoms with Crippen molar-refractivity contribution in [1.82, 2.24) is 10.0 Å². The van der Waals surface area contributed by atoms with Crippen LogP contribution in [0, 0.1) is 0 Å². The van der Waals surface area contributed by atoms with Crippen LogP contribution < -0.4 is 0 Å². The summed E-state index contributed by atoms with van der Waals surface area (Å²) < 4.78 is -0.560. The average molecular weight is 350 g/mol. The molecule has 1 heterocycles. The van der Waals surface area contributed by atoms with Crippen LogP contribution in [-0.4, -0.2) is 45.7 Å². The molecule has 0 aromatic heterocycles. The number of rotatable bonds is 3. The van der Waals surface area contributed by atoms with Crippen molar-refractivity contribution in [1.29, 1.82) is 0 Å². The summed E-state index contributed by atoms with van der Waals surface area (Å²) in [7, 11) is 3.55. The van der Waals surface area contributed by atoms with Crippen molar-refractivity contribution in [2.24, 2.45) is 4.99 Å². The quantitative estimate of drug-likeness (QED) is 0.835.